The molecule has 0 spiro atoms. The first-order chi connectivity index (χ1) is 14.8. The number of sulfone groups is 2. The van der Waals surface area contributed by atoms with E-state index in [-0.39, 0.29) is 20.9 Å². The van der Waals surface area contributed by atoms with Gasteiger partial charge in [-0.25, -0.2) is 21.8 Å². The van der Waals surface area contributed by atoms with Crippen molar-refractivity contribution in [3.8, 4) is 0 Å². The minimum Gasteiger partial charge on any atom is -0.352 e. The van der Waals surface area contributed by atoms with Crippen LogP contribution in [0.15, 0.2) is 77.0 Å². The van der Waals surface area contributed by atoms with Crippen molar-refractivity contribution in [1.29, 1.82) is 0 Å². The molecule has 1 unspecified atom stereocenters. The van der Waals surface area contributed by atoms with Gasteiger partial charge in [-0.1, -0.05) is 24.3 Å². The lowest BCUT2D eigenvalue weighted by atomic mass is 10.0. The fraction of sp³-hybridized carbons (Fsp3) is 0.238. The summed E-state index contributed by atoms with van der Waals surface area (Å²) in [5.74, 6) is -1.07. The molecular weight excluding hydrogens is 438 g/mol. The average Bonchev–Trinajstić information content (AvgIpc) is 3.38. The molecule has 2 heterocycles. The van der Waals surface area contributed by atoms with Crippen molar-refractivity contribution in [2.24, 2.45) is 0 Å². The number of carbonyl (C=O) groups excluding carboxylic acids is 1. The maximum Gasteiger partial charge on any atom is 0.251 e. The van der Waals surface area contributed by atoms with Crippen LogP contribution in [0.25, 0.3) is 0 Å². The Morgan fingerprint density at radius 3 is 2.61 bits per heavy atom. The van der Waals surface area contributed by atoms with Crippen molar-refractivity contribution in [1.82, 2.24) is 14.9 Å². The normalized spacial score (nSPS) is 17.2. The summed E-state index contributed by atoms with van der Waals surface area (Å²) in [6.07, 6.45) is 5.80. The molecule has 162 valence electrons. The van der Waals surface area contributed by atoms with E-state index in [9.17, 15) is 21.6 Å². The van der Waals surface area contributed by atoms with Crippen molar-refractivity contribution in [2.75, 3.05) is 12.3 Å². The lowest BCUT2D eigenvalue weighted by Crippen LogP contribution is -2.27. The molecule has 31 heavy (non-hydrogen) atoms. The molecule has 1 aromatic heterocycles. The standard InChI is InChI=1S/C21H21N3O5S2/c25-21(23-10-5-12-24-13-11-22-15-24)17-8-4-9-18-20(17)19(14-30(18,26)27)31(28,29)16-6-2-1-3-7-16/h1-4,6-9,11,13,15,19H,5,10,12,14H2,(H,23,25). The highest BCUT2D eigenvalue weighted by Gasteiger charge is 2.45. The number of carbonyl (C=O) groups is 1. The maximum absolute atomic E-state index is 13.2. The predicted octanol–water partition coefficient (Wildman–Crippen LogP) is 2.01. The zero-order valence-corrected chi connectivity index (χ0v) is 18.1. The molecule has 4 rings (SSSR count). The number of aryl methyl sites for hydroxylation is 1. The molecule has 2 aromatic carbocycles. The second kappa shape index (κ2) is 8.27. The number of fused-ring (bicyclic) bond motifs is 1. The SMILES string of the molecule is O=C(NCCCn1ccnc1)c1cccc2c1C(S(=O)(=O)c1ccccc1)CS2(=O)=O. The van der Waals surface area contributed by atoms with Gasteiger partial charge in [-0.3, -0.25) is 4.79 Å². The third kappa shape index (κ3) is 4.13. The van der Waals surface area contributed by atoms with Gasteiger partial charge in [0.25, 0.3) is 5.91 Å². The van der Waals surface area contributed by atoms with Crippen LogP contribution in [-0.2, 0) is 26.2 Å². The van der Waals surface area contributed by atoms with Crippen molar-refractivity contribution >= 4 is 25.6 Å². The molecule has 3 aromatic rings. The third-order valence-electron chi connectivity index (χ3n) is 5.22. The Morgan fingerprint density at radius 1 is 1.13 bits per heavy atom. The summed E-state index contributed by atoms with van der Waals surface area (Å²) in [5, 5.41) is 1.44. The number of benzene rings is 2. The van der Waals surface area contributed by atoms with E-state index in [0.29, 0.717) is 19.5 Å². The van der Waals surface area contributed by atoms with Gasteiger partial charge in [0.1, 0.15) is 5.25 Å². The van der Waals surface area contributed by atoms with Gasteiger partial charge in [0, 0.05) is 36.6 Å². The van der Waals surface area contributed by atoms with Crippen molar-refractivity contribution in [2.45, 2.75) is 28.0 Å². The Labute approximate surface area is 180 Å². The van der Waals surface area contributed by atoms with Gasteiger partial charge in [0.15, 0.2) is 19.7 Å². The molecule has 1 atom stereocenters. The molecule has 0 saturated carbocycles. The first-order valence-electron chi connectivity index (χ1n) is 9.69. The van der Waals surface area contributed by atoms with E-state index in [1.807, 2.05) is 10.8 Å². The van der Waals surface area contributed by atoms with Crippen LogP contribution in [0.5, 0.6) is 0 Å². The number of hydrogen-bond donors (Lipinski definition) is 1. The average molecular weight is 460 g/mol. The number of hydrogen-bond acceptors (Lipinski definition) is 6. The van der Waals surface area contributed by atoms with Crippen LogP contribution in [0, 0.1) is 0 Å². The van der Waals surface area contributed by atoms with E-state index in [0.717, 1.165) is 0 Å². The smallest absolute Gasteiger partial charge is 0.251 e. The molecule has 0 saturated heterocycles. The van der Waals surface area contributed by atoms with E-state index in [1.165, 1.54) is 30.3 Å². The zero-order valence-electron chi connectivity index (χ0n) is 16.5. The van der Waals surface area contributed by atoms with E-state index in [1.54, 1.807) is 30.7 Å². The summed E-state index contributed by atoms with van der Waals surface area (Å²) in [6, 6.07) is 12.0. The number of amides is 1. The number of imidazole rings is 1. The molecule has 0 fully saturated rings. The minimum atomic E-state index is -4.00. The monoisotopic (exact) mass is 459 g/mol. The Morgan fingerprint density at radius 2 is 1.90 bits per heavy atom. The quantitative estimate of drug-likeness (QED) is 0.541. The second-order valence-corrected chi connectivity index (χ2v) is 11.4. The molecule has 0 aliphatic carbocycles. The number of nitrogens with one attached hydrogen (secondary N) is 1. The van der Waals surface area contributed by atoms with Gasteiger partial charge in [-0.05, 0) is 30.7 Å². The third-order valence-corrected chi connectivity index (χ3v) is 9.31. The number of rotatable bonds is 7. The minimum absolute atomic E-state index is 0.0265. The number of nitrogens with zero attached hydrogens (tertiary/aromatic N) is 2. The van der Waals surface area contributed by atoms with E-state index >= 15 is 0 Å². The van der Waals surface area contributed by atoms with Crippen molar-refractivity contribution in [3.05, 3.63) is 78.4 Å². The highest BCUT2D eigenvalue weighted by molar-refractivity contribution is 7.96. The van der Waals surface area contributed by atoms with Crippen LogP contribution in [0.2, 0.25) is 0 Å². The van der Waals surface area contributed by atoms with Gasteiger partial charge in [0.05, 0.1) is 21.9 Å². The molecule has 8 nitrogen and oxygen atoms in total. The molecule has 0 radical (unpaired) electrons. The topological polar surface area (TPSA) is 115 Å². The Hall–Kier alpha value is -2.98. The van der Waals surface area contributed by atoms with Crippen molar-refractivity contribution in [3.63, 3.8) is 0 Å². The van der Waals surface area contributed by atoms with Crippen LogP contribution < -0.4 is 5.32 Å². The highest BCUT2D eigenvalue weighted by Crippen LogP contribution is 2.42. The summed E-state index contributed by atoms with van der Waals surface area (Å²) >= 11 is 0. The first-order valence-corrected chi connectivity index (χ1v) is 12.9. The van der Waals surface area contributed by atoms with Crippen molar-refractivity contribution < 1.29 is 21.6 Å². The van der Waals surface area contributed by atoms with Crippen LogP contribution >= 0.6 is 0 Å². The summed E-state index contributed by atoms with van der Waals surface area (Å²) in [4.78, 5) is 16.8. The molecule has 0 bridgehead atoms. The van der Waals surface area contributed by atoms with Crippen LogP contribution in [-0.4, -0.2) is 44.6 Å². The van der Waals surface area contributed by atoms with Crippen LogP contribution in [0.1, 0.15) is 27.6 Å². The lowest BCUT2D eigenvalue weighted by molar-refractivity contribution is 0.0951. The van der Waals surface area contributed by atoms with Gasteiger partial charge < -0.3 is 9.88 Å². The Kier molecular flexibility index (Phi) is 5.67. The van der Waals surface area contributed by atoms with Gasteiger partial charge in [-0.15, -0.1) is 0 Å². The predicted molar refractivity (Wildman–Crippen MR) is 114 cm³/mol. The Balaban J connectivity index is 1.63. The Bertz CT molecular complexity index is 1300. The lowest BCUT2D eigenvalue weighted by Gasteiger charge is -2.15. The summed E-state index contributed by atoms with van der Waals surface area (Å²) in [6.45, 7) is 1.01. The summed E-state index contributed by atoms with van der Waals surface area (Å²) < 4.78 is 53.8. The fourth-order valence-electron chi connectivity index (χ4n) is 3.71. The van der Waals surface area contributed by atoms with Crippen LogP contribution in [0.4, 0.5) is 0 Å². The highest BCUT2D eigenvalue weighted by atomic mass is 32.2. The molecule has 10 heteroatoms. The van der Waals surface area contributed by atoms with E-state index in [2.05, 4.69) is 10.3 Å². The van der Waals surface area contributed by atoms with E-state index in [4.69, 9.17) is 0 Å². The molecule has 1 amide bonds. The zero-order chi connectivity index (χ0) is 22.1. The second-order valence-electron chi connectivity index (χ2n) is 7.26. The summed E-state index contributed by atoms with van der Waals surface area (Å²) in [7, 11) is -7.83. The molecule has 1 aliphatic rings. The molecular formula is C21H21N3O5S2. The fourth-order valence-corrected chi connectivity index (χ4v) is 8.09. The first kappa shape index (κ1) is 21.3. The van der Waals surface area contributed by atoms with Gasteiger partial charge in [-0.2, -0.15) is 0 Å². The number of aromatic nitrogens is 2. The molecule has 1 aliphatic heterocycles. The summed E-state index contributed by atoms with van der Waals surface area (Å²) in [5.41, 5.74) is 0.129. The largest absolute Gasteiger partial charge is 0.352 e. The maximum atomic E-state index is 13.2. The molecule has 1 N–H and O–H groups in total. The van der Waals surface area contributed by atoms with Gasteiger partial charge >= 0.3 is 0 Å². The van der Waals surface area contributed by atoms with Crippen LogP contribution in [0.3, 0.4) is 0 Å². The van der Waals surface area contributed by atoms with E-state index < -0.39 is 36.6 Å². The van der Waals surface area contributed by atoms with Gasteiger partial charge in [0.2, 0.25) is 0 Å².